The molecule has 182 valence electrons. The van der Waals surface area contributed by atoms with Crippen molar-refractivity contribution in [2.24, 2.45) is 5.92 Å². The fourth-order valence-corrected chi connectivity index (χ4v) is 4.67. The number of nitrogens with zero attached hydrogens (tertiary/aromatic N) is 1. The molecule has 6 nitrogen and oxygen atoms in total. The van der Waals surface area contributed by atoms with Gasteiger partial charge in [-0.15, -0.1) is 0 Å². The van der Waals surface area contributed by atoms with Crippen molar-refractivity contribution in [2.75, 3.05) is 27.3 Å². The zero-order valence-corrected chi connectivity index (χ0v) is 20.2. The summed E-state index contributed by atoms with van der Waals surface area (Å²) in [5.74, 6) is -0.505. The molecule has 3 aromatic carbocycles. The van der Waals surface area contributed by atoms with Crippen LogP contribution in [0.4, 0.5) is 4.39 Å². The normalized spacial score (nSPS) is 17.2. The van der Waals surface area contributed by atoms with Gasteiger partial charge >= 0.3 is 0 Å². The van der Waals surface area contributed by atoms with Gasteiger partial charge in [0.1, 0.15) is 5.82 Å². The highest BCUT2D eigenvalue weighted by atomic mass is 35.5. The summed E-state index contributed by atoms with van der Waals surface area (Å²) in [5, 5.41) is 3.41. The predicted molar refractivity (Wildman–Crippen MR) is 131 cm³/mol. The molecule has 0 aromatic heterocycles. The molecule has 1 fully saturated rings. The molecule has 0 spiro atoms. The number of hydrogen-bond acceptors (Lipinski definition) is 4. The third kappa shape index (κ3) is 5.41. The monoisotopic (exact) mass is 496 g/mol. The van der Waals surface area contributed by atoms with Crippen LogP contribution in [0, 0.1) is 11.7 Å². The number of para-hydroxylation sites is 1. The second-order valence-corrected chi connectivity index (χ2v) is 8.80. The number of amides is 2. The molecule has 3 aromatic rings. The number of methoxy groups -OCH3 is 2. The van der Waals surface area contributed by atoms with Crippen molar-refractivity contribution in [2.45, 2.75) is 12.5 Å². The Hall–Kier alpha value is -3.58. The highest BCUT2D eigenvalue weighted by Gasteiger charge is 2.42. The number of likely N-dealkylation sites (tertiary alicyclic amines) is 1. The Bertz CT molecular complexity index is 1220. The Morgan fingerprint density at radius 2 is 1.77 bits per heavy atom. The maximum Gasteiger partial charge on any atom is 0.253 e. The van der Waals surface area contributed by atoms with Gasteiger partial charge in [0.25, 0.3) is 5.91 Å². The minimum atomic E-state index is -0.528. The van der Waals surface area contributed by atoms with Crippen LogP contribution in [0.1, 0.15) is 27.4 Å². The summed E-state index contributed by atoms with van der Waals surface area (Å²) in [5.41, 5.74) is 2.02. The Balaban J connectivity index is 1.62. The first-order chi connectivity index (χ1) is 16.9. The summed E-state index contributed by atoms with van der Waals surface area (Å²) in [6.45, 7) is 0.801. The van der Waals surface area contributed by atoms with E-state index in [1.807, 2.05) is 12.1 Å². The third-order valence-electron chi connectivity index (χ3n) is 6.23. The number of benzene rings is 3. The first-order valence-corrected chi connectivity index (χ1v) is 11.6. The van der Waals surface area contributed by atoms with Crippen molar-refractivity contribution in [1.82, 2.24) is 10.2 Å². The lowest BCUT2D eigenvalue weighted by Gasteiger charge is -2.21. The number of carbonyl (C=O) groups is 2. The smallest absolute Gasteiger partial charge is 0.253 e. The van der Waals surface area contributed by atoms with Crippen LogP contribution in [0.5, 0.6) is 11.5 Å². The summed E-state index contributed by atoms with van der Waals surface area (Å²) in [6, 6.07) is 18.2. The molecular formula is C27H26ClFN2O4. The van der Waals surface area contributed by atoms with Crippen LogP contribution in [0.3, 0.4) is 0 Å². The van der Waals surface area contributed by atoms with E-state index >= 15 is 0 Å². The number of nitrogens with one attached hydrogen (secondary N) is 1. The SMILES string of the molecule is COc1cccc(C2CN(C(=O)c3cccc(Cl)c3)CC2C(=O)NCc2ccc(F)cc2)c1OC. The van der Waals surface area contributed by atoms with Gasteiger partial charge in [0.2, 0.25) is 5.91 Å². The van der Waals surface area contributed by atoms with Crippen molar-refractivity contribution in [3.63, 3.8) is 0 Å². The lowest BCUT2D eigenvalue weighted by Crippen LogP contribution is -2.35. The quantitative estimate of drug-likeness (QED) is 0.516. The van der Waals surface area contributed by atoms with E-state index in [4.69, 9.17) is 21.1 Å². The second-order valence-electron chi connectivity index (χ2n) is 8.36. The van der Waals surface area contributed by atoms with Gasteiger partial charge in [-0.2, -0.15) is 0 Å². The zero-order chi connectivity index (χ0) is 24.9. The largest absolute Gasteiger partial charge is 0.493 e. The van der Waals surface area contributed by atoms with E-state index in [1.54, 1.807) is 61.6 Å². The Morgan fingerprint density at radius 3 is 2.46 bits per heavy atom. The van der Waals surface area contributed by atoms with Crippen molar-refractivity contribution in [1.29, 1.82) is 0 Å². The molecule has 1 N–H and O–H groups in total. The molecule has 0 aliphatic carbocycles. The van der Waals surface area contributed by atoms with Crippen LogP contribution in [-0.4, -0.2) is 44.0 Å². The fraction of sp³-hybridized carbons (Fsp3) is 0.259. The van der Waals surface area contributed by atoms with Crippen LogP contribution in [0.2, 0.25) is 5.02 Å². The molecule has 2 amide bonds. The van der Waals surface area contributed by atoms with Crippen molar-refractivity contribution in [3.8, 4) is 11.5 Å². The van der Waals surface area contributed by atoms with Crippen LogP contribution < -0.4 is 14.8 Å². The molecule has 2 atom stereocenters. The average molecular weight is 497 g/mol. The van der Waals surface area contributed by atoms with Crippen LogP contribution in [0.15, 0.2) is 66.7 Å². The maximum absolute atomic E-state index is 13.4. The molecule has 35 heavy (non-hydrogen) atoms. The summed E-state index contributed by atoms with van der Waals surface area (Å²) >= 11 is 6.09. The minimum Gasteiger partial charge on any atom is -0.493 e. The van der Waals surface area contributed by atoms with E-state index < -0.39 is 5.92 Å². The summed E-state index contributed by atoms with van der Waals surface area (Å²) in [4.78, 5) is 28.3. The lowest BCUT2D eigenvalue weighted by molar-refractivity contribution is -0.125. The van der Waals surface area contributed by atoms with E-state index in [9.17, 15) is 14.0 Å². The van der Waals surface area contributed by atoms with Crippen LogP contribution >= 0.6 is 11.6 Å². The minimum absolute atomic E-state index is 0.201. The number of halogens is 2. The number of hydrogen-bond donors (Lipinski definition) is 1. The molecule has 1 aliphatic heterocycles. The maximum atomic E-state index is 13.4. The standard InChI is InChI=1S/C27H26ClFN2O4/c1-34-24-8-4-7-21(25(24)35-2)22-15-31(27(33)18-5-3-6-19(28)13-18)16-23(22)26(32)30-14-17-9-11-20(29)12-10-17/h3-13,22-23H,14-16H2,1-2H3,(H,30,32). The van der Waals surface area contributed by atoms with Crippen molar-refractivity contribution < 1.29 is 23.5 Å². The van der Waals surface area contributed by atoms with Crippen molar-refractivity contribution >= 4 is 23.4 Å². The first-order valence-electron chi connectivity index (χ1n) is 11.2. The predicted octanol–water partition coefficient (Wildman–Crippen LogP) is 4.67. The molecule has 1 saturated heterocycles. The molecule has 4 rings (SSSR count). The van der Waals surface area contributed by atoms with Gasteiger partial charge in [0.05, 0.1) is 20.1 Å². The van der Waals surface area contributed by atoms with E-state index in [2.05, 4.69) is 5.32 Å². The summed E-state index contributed by atoms with van der Waals surface area (Å²) in [6.07, 6.45) is 0. The van der Waals surface area contributed by atoms with E-state index in [0.29, 0.717) is 28.6 Å². The molecule has 1 heterocycles. The Kier molecular flexibility index (Phi) is 7.56. The Morgan fingerprint density at radius 1 is 1.03 bits per heavy atom. The van der Waals surface area contributed by atoms with E-state index in [-0.39, 0.29) is 36.6 Å². The molecule has 0 radical (unpaired) electrons. The third-order valence-corrected chi connectivity index (χ3v) is 6.46. The molecule has 2 unspecified atom stereocenters. The van der Waals surface area contributed by atoms with Crippen LogP contribution in [0.25, 0.3) is 0 Å². The first kappa shape index (κ1) is 24.5. The van der Waals surface area contributed by atoms with Gasteiger partial charge in [0, 0.05) is 41.7 Å². The number of rotatable bonds is 7. The summed E-state index contributed by atoms with van der Waals surface area (Å²) in [7, 11) is 3.10. The second kappa shape index (κ2) is 10.8. The fourth-order valence-electron chi connectivity index (χ4n) is 4.48. The lowest BCUT2D eigenvalue weighted by atomic mass is 9.87. The van der Waals surface area contributed by atoms with Gasteiger partial charge in [-0.25, -0.2) is 4.39 Å². The van der Waals surface area contributed by atoms with Gasteiger partial charge in [-0.05, 0) is 42.0 Å². The topological polar surface area (TPSA) is 67.9 Å². The summed E-state index contributed by atoms with van der Waals surface area (Å²) < 4.78 is 24.3. The molecular weight excluding hydrogens is 471 g/mol. The molecule has 0 saturated carbocycles. The van der Waals surface area contributed by atoms with Gasteiger partial charge in [-0.3, -0.25) is 9.59 Å². The van der Waals surface area contributed by atoms with Gasteiger partial charge in [0.15, 0.2) is 11.5 Å². The molecule has 8 heteroatoms. The molecule has 1 aliphatic rings. The number of carbonyl (C=O) groups excluding carboxylic acids is 2. The average Bonchev–Trinajstić information content (AvgIpc) is 3.32. The van der Waals surface area contributed by atoms with Gasteiger partial charge < -0.3 is 19.7 Å². The van der Waals surface area contributed by atoms with Crippen LogP contribution in [-0.2, 0) is 11.3 Å². The highest BCUT2D eigenvalue weighted by Crippen LogP contribution is 2.42. The zero-order valence-electron chi connectivity index (χ0n) is 19.5. The van der Waals surface area contributed by atoms with Gasteiger partial charge in [-0.1, -0.05) is 41.9 Å². The van der Waals surface area contributed by atoms with E-state index in [1.165, 1.54) is 12.1 Å². The Labute approximate surface area is 208 Å². The molecule has 0 bridgehead atoms. The highest BCUT2D eigenvalue weighted by molar-refractivity contribution is 6.30. The van der Waals surface area contributed by atoms with E-state index in [0.717, 1.165) is 11.1 Å². The van der Waals surface area contributed by atoms with Crippen molar-refractivity contribution in [3.05, 3.63) is 94.3 Å². The number of ether oxygens (including phenoxy) is 2.